The lowest BCUT2D eigenvalue weighted by molar-refractivity contribution is 0.141. The predicted octanol–water partition coefficient (Wildman–Crippen LogP) is 1.39. The lowest BCUT2D eigenvalue weighted by atomic mass is 10.2. The highest BCUT2D eigenvalue weighted by molar-refractivity contribution is 5.42. The Hall–Kier alpha value is -1.26. The van der Waals surface area contributed by atoms with Gasteiger partial charge in [-0.05, 0) is 24.6 Å². The van der Waals surface area contributed by atoms with Gasteiger partial charge in [-0.1, -0.05) is 6.07 Å². The number of methoxy groups -OCH3 is 1. The third-order valence-electron chi connectivity index (χ3n) is 1.99. The minimum absolute atomic E-state index is 0.00848. The standard InChI is InChI=1S/C12H18O4/c1-10-3-4-11(16-8-7-14-2)12(9-10)15-6-5-13/h3-4,9,13H,5-8H2,1-2H3. The molecular weight excluding hydrogens is 208 g/mol. The molecule has 0 aliphatic heterocycles. The third kappa shape index (κ3) is 4.08. The Morgan fingerprint density at radius 1 is 1.06 bits per heavy atom. The molecule has 1 aromatic rings. The zero-order valence-electron chi connectivity index (χ0n) is 9.73. The van der Waals surface area contributed by atoms with E-state index in [1.165, 1.54) is 0 Å². The van der Waals surface area contributed by atoms with Gasteiger partial charge in [-0.25, -0.2) is 0 Å². The molecule has 0 heterocycles. The van der Waals surface area contributed by atoms with Gasteiger partial charge in [0.1, 0.15) is 13.2 Å². The molecule has 1 N–H and O–H groups in total. The molecule has 4 nitrogen and oxygen atoms in total. The molecule has 4 heteroatoms. The van der Waals surface area contributed by atoms with Crippen LogP contribution in [0.4, 0.5) is 0 Å². The van der Waals surface area contributed by atoms with E-state index in [1.807, 2.05) is 25.1 Å². The number of hydrogen-bond acceptors (Lipinski definition) is 4. The van der Waals surface area contributed by atoms with Crippen molar-refractivity contribution < 1.29 is 19.3 Å². The molecule has 0 spiro atoms. The van der Waals surface area contributed by atoms with Gasteiger partial charge in [0.15, 0.2) is 11.5 Å². The van der Waals surface area contributed by atoms with Gasteiger partial charge in [0, 0.05) is 7.11 Å². The zero-order chi connectivity index (χ0) is 11.8. The molecule has 0 bridgehead atoms. The number of ether oxygens (including phenoxy) is 3. The quantitative estimate of drug-likeness (QED) is 0.714. The monoisotopic (exact) mass is 226 g/mol. The summed E-state index contributed by atoms with van der Waals surface area (Å²) in [4.78, 5) is 0. The maximum atomic E-state index is 8.72. The summed E-state index contributed by atoms with van der Waals surface area (Å²) in [5.41, 5.74) is 1.09. The second kappa shape index (κ2) is 7.09. The first-order valence-electron chi connectivity index (χ1n) is 5.24. The fourth-order valence-corrected chi connectivity index (χ4v) is 1.24. The number of benzene rings is 1. The Morgan fingerprint density at radius 2 is 1.81 bits per heavy atom. The summed E-state index contributed by atoms with van der Waals surface area (Å²) in [6.07, 6.45) is 0. The van der Waals surface area contributed by atoms with E-state index >= 15 is 0 Å². The van der Waals surface area contributed by atoms with Crippen molar-refractivity contribution in [2.24, 2.45) is 0 Å². The summed E-state index contributed by atoms with van der Waals surface area (Å²) in [5.74, 6) is 1.33. The lowest BCUT2D eigenvalue weighted by Gasteiger charge is -2.12. The number of aliphatic hydroxyl groups excluding tert-OH is 1. The van der Waals surface area contributed by atoms with Gasteiger partial charge in [0.25, 0.3) is 0 Å². The molecule has 0 aromatic heterocycles. The van der Waals surface area contributed by atoms with Gasteiger partial charge < -0.3 is 19.3 Å². The molecule has 0 aliphatic carbocycles. The maximum absolute atomic E-state index is 8.72. The van der Waals surface area contributed by atoms with Crippen LogP contribution in [0.25, 0.3) is 0 Å². The number of aliphatic hydroxyl groups is 1. The van der Waals surface area contributed by atoms with Gasteiger partial charge in [-0.3, -0.25) is 0 Å². The molecule has 1 rings (SSSR count). The molecule has 0 unspecified atom stereocenters. The van der Waals surface area contributed by atoms with Crippen LogP contribution < -0.4 is 9.47 Å². The van der Waals surface area contributed by atoms with Gasteiger partial charge in [0.2, 0.25) is 0 Å². The third-order valence-corrected chi connectivity index (χ3v) is 1.99. The molecule has 0 saturated heterocycles. The van der Waals surface area contributed by atoms with Crippen molar-refractivity contribution in [1.82, 2.24) is 0 Å². The second-order valence-electron chi connectivity index (χ2n) is 3.36. The van der Waals surface area contributed by atoms with Crippen LogP contribution >= 0.6 is 0 Å². The summed E-state index contributed by atoms with van der Waals surface area (Å²) in [7, 11) is 1.63. The molecule has 0 radical (unpaired) electrons. The van der Waals surface area contributed by atoms with Crippen LogP contribution in [-0.4, -0.2) is 38.6 Å². The molecule has 0 saturated carbocycles. The van der Waals surface area contributed by atoms with Crippen LogP contribution in [0.1, 0.15) is 5.56 Å². The summed E-state index contributed by atoms with van der Waals surface area (Å²) < 4.78 is 15.8. The molecule has 0 amide bonds. The molecule has 0 fully saturated rings. The normalized spacial score (nSPS) is 10.2. The van der Waals surface area contributed by atoms with E-state index in [-0.39, 0.29) is 13.2 Å². The lowest BCUT2D eigenvalue weighted by Crippen LogP contribution is -2.07. The Bertz CT molecular complexity index is 312. The highest BCUT2D eigenvalue weighted by Gasteiger charge is 2.05. The summed E-state index contributed by atoms with van der Waals surface area (Å²) in [6, 6.07) is 5.70. The van der Waals surface area contributed by atoms with Crippen molar-refractivity contribution >= 4 is 0 Å². The molecule has 16 heavy (non-hydrogen) atoms. The van der Waals surface area contributed by atoms with Crippen molar-refractivity contribution in [3.8, 4) is 11.5 Å². The Kier molecular flexibility index (Phi) is 5.67. The van der Waals surface area contributed by atoms with Crippen LogP contribution in [0, 0.1) is 6.92 Å². The first-order chi connectivity index (χ1) is 7.77. The zero-order valence-corrected chi connectivity index (χ0v) is 9.73. The van der Waals surface area contributed by atoms with Crippen molar-refractivity contribution in [2.75, 3.05) is 33.5 Å². The summed E-state index contributed by atoms with van der Waals surface area (Å²) >= 11 is 0. The topological polar surface area (TPSA) is 47.9 Å². The molecule has 0 aliphatic rings. The van der Waals surface area contributed by atoms with E-state index < -0.39 is 0 Å². The van der Waals surface area contributed by atoms with Gasteiger partial charge in [-0.15, -0.1) is 0 Å². The molecule has 90 valence electrons. The van der Waals surface area contributed by atoms with Crippen LogP contribution in [0.5, 0.6) is 11.5 Å². The number of rotatable bonds is 7. The van der Waals surface area contributed by atoms with Crippen LogP contribution in [0.3, 0.4) is 0 Å². The Morgan fingerprint density at radius 3 is 2.50 bits per heavy atom. The van der Waals surface area contributed by atoms with E-state index in [4.69, 9.17) is 19.3 Å². The first kappa shape index (κ1) is 12.8. The fraction of sp³-hybridized carbons (Fsp3) is 0.500. The second-order valence-corrected chi connectivity index (χ2v) is 3.36. The fourth-order valence-electron chi connectivity index (χ4n) is 1.24. The Labute approximate surface area is 95.8 Å². The van der Waals surface area contributed by atoms with Gasteiger partial charge in [0.05, 0.1) is 13.2 Å². The van der Waals surface area contributed by atoms with Crippen molar-refractivity contribution in [3.05, 3.63) is 23.8 Å². The molecular formula is C12H18O4. The smallest absolute Gasteiger partial charge is 0.161 e. The van der Waals surface area contributed by atoms with E-state index in [1.54, 1.807) is 7.11 Å². The first-order valence-corrected chi connectivity index (χ1v) is 5.24. The van der Waals surface area contributed by atoms with Crippen LogP contribution in [0.2, 0.25) is 0 Å². The van der Waals surface area contributed by atoms with Gasteiger partial charge >= 0.3 is 0 Å². The largest absolute Gasteiger partial charge is 0.487 e. The summed E-state index contributed by atoms with van der Waals surface area (Å²) in [6.45, 7) is 3.25. The van der Waals surface area contributed by atoms with Crippen molar-refractivity contribution in [1.29, 1.82) is 0 Å². The minimum Gasteiger partial charge on any atom is -0.487 e. The average molecular weight is 226 g/mol. The average Bonchev–Trinajstić information content (AvgIpc) is 2.29. The van der Waals surface area contributed by atoms with E-state index in [9.17, 15) is 0 Å². The highest BCUT2D eigenvalue weighted by Crippen LogP contribution is 2.28. The molecule has 0 atom stereocenters. The van der Waals surface area contributed by atoms with Crippen LogP contribution in [-0.2, 0) is 4.74 Å². The van der Waals surface area contributed by atoms with Crippen LogP contribution in [0.15, 0.2) is 18.2 Å². The van der Waals surface area contributed by atoms with E-state index in [0.29, 0.717) is 24.7 Å². The molecule has 1 aromatic carbocycles. The predicted molar refractivity (Wildman–Crippen MR) is 61.1 cm³/mol. The van der Waals surface area contributed by atoms with E-state index in [2.05, 4.69) is 0 Å². The Balaban J connectivity index is 2.64. The maximum Gasteiger partial charge on any atom is 0.161 e. The van der Waals surface area contributed by atoms with E-state index in [0.717, 1.165) is 5.56 Å². The van der Waals surface area contributed by atoms with Crippen molar-refractivity contribution in [2.45, 2.75) is 6.92 Å². The number of aryl methyl sites for hydroxylation is 1. The number of hydrogen-bond donors (Lipinski definition) is 1. The summed E-state index contributed by atoms with van der Waals surface area (Å²) in [5, 5.41) is 8.72. The highest BCUT2D eigenvalue weighted by atomic mass is 16.5. The van der Waals surface area contributed by atoms with Crippen molar-refractivity contribution in [3.63, 3.8) is 0 Å². The SMILES string of the molecule is COCCOc1ccc(C)cc1OCCO. The minimum atomic E-state index is -0.00848. The van der Waals surface area contributed by atoms with Gasteiger partial charge in [-0.2, -0.15) is 0 Å².